The fourth-order valence-electron chi connectivity index (χ4n) is 2.62. The lowest BCUT2D eigenvalue weighted by Crippen LogP contribution is -2.28. The Bertz CT molecular complexity index is 332. The highest BCUT2D eigenvalue weighted by atomic mass is 14.9. The summed E-state index contributed by atoms with van der Waals surface area (Å²) in [4.78, 5) is 4.35. The van der Waals surface area contributed by atoms with Crippen LogP contribution in [0.25, 0.3) is 0 Å². The molecule has 17 heavy (non-hydrogen) atoms. The van der Waals surface area contributed by atoms with E-state index < -0.39 is 0 Å². The minimum absolute atomic E-state index is 0.543. The molecule has 94 valence electrons. The van der Waals surface area contributed by atoms with Crippen molar-refractivity contribution in [2.45, 2.75) is 58.5 Å². The second-order valence-electron chi connectivity index (χ2n) is 5.99. The molecule has 1 N–H and O–H groups in total. The number of aromatic nitrogens is 1. The number of nitrogens with zero attached hydrogens (tertiary/aromatic N) is 1. The molecule has 0 spiro atoms. The molecule has 1 heterocycles. The molecule has 0 amide bonds. The van der Waals surface area contributed by atoms with Crippen LogP contribution in [0.1, 0.15) is 51.6 Å². The molecule has 2 rings (SSSR count). The van der Waals surface area contributed by atoms with Crippen molar-refractivity contribution in [2.75, 3.05) is 0 Å². The van der Waals surface area contributed by atoms with Crippen molar-refractivity contribution >= 4 is 0 Å². The molecule has 0 radical (unpaired) electrons. The van der Waals surface area contributed by atoms with Crippen LogP contribution in [0.15, 0.2) is 24.4 Å². The zero-order chi connectivity index (χ0) is 12.1. The van der Waals surface area contributed by atoms with Gasteiger partial charge in [-0.1, -0.05) is 26.3 Å². The fourth-order valence-corrected chi connectivity index (χ4v) is 2.62. The van der Waals surface area contributed by atoms with Gasteiger partial charge in [0, 0.05) is 18.8 Å². The highest BCUT2D eigenvalue weighted by molar-refractivity contribution is 5.03. The molecule has 1 aromatic rings. The van der Waals surface area contributed by atoms with Gasteiger partial charge in [-0.05, 0) is 43.2 Å². The van der Waals surface area contributed by atoms with Crippen LogP contribution in [0.3, 0.4) is 0 Å². The van der Waals surface area contributed by atoms with Crippen LogP contribution in [-0.2, 0) is 6.54 Å². The van der Waals surface area contributed by atoms with Gasteiger partial charge < -0.3 is 5.32 Å². The molecule has 1 atom stereocenters. The topological polar surface area (TPSA) is 24.9 Å². The number of pyridine rings is 1. The number of hydrogen-bond acceptors (Lipinski definition) is 2. The van der Waals surface area contributed by atoms with Crippen LogP contribution in [0.2, 0.25) is 0 Å². The van der Waals surface area contributed by atoms with Crippen LogP contribution in [0.5, 0.6) is 0 Å². The molecule has 0 bridgehead atoms. The first-order valence-corrected chi connectivity index (χ1v) is 6.79. The minimum atomic E-state index is 0.543. The van der Waals surface area contributed by atoms with Crippen molar-refractivity contribution in [3.8, 4) is 0 Å². The molecule has 1 aromatic heterocycles. The monoisotopic (exact) mass is 232 g/mol. The maximum Gasteiger partial charge on any atom is 0.0541 e. The summed E-state index contributed by atoms with van der Waals surface area (Å²) in [5, 5.41) is 3.65. The summed E-state index contributed by atoms with van der Waals surface area (Å²) in [6, 6.07) is 6.80. The van der Waals surface area contributed by atoms with E-state index in [1.807, 2.05) is 12.3 Å². The first-order chi connectivity index (χ1) is 8.16. The molecular weight excluding hydrogens is 208 g/mol. The van der Waals surface area contributed by atoms with Gasteiger partial charge in [-0.2, -0.15) is 0 Å². The fraction of sp³-hybridized carbons (Fsp3) is 0.667. The highest BCUT2D eigenvalue weighted by Crippen LogP contribution is 2.33. The Morgan fingerprint density at radius 2 is 2.18 bits per heavy atom. The molecule has 1 saturated carbocycles. The Morgan fingerprint density at radius 1 is 1.29 bits per heavy atom. The smallest absolute Gasteiger partial charge is 0.0541 e. The number of hydrogen-bond donors (Lipinski definition) is 1. The molecule has 2 nitrogen and oxygen atoms in total. The summed E-state index contributed by atoms with van der Waals surface area (Å²) in [6.07, 6.45) is 8.55. The standard InChI is InChI=1S/C15H24N2/c1-15(2)9-5-7-13(8-10-15)17-12-14-6-3-4-11-16-14/h3-4,6,11,13,17H,5,7-10,12H2,1-2H3. The lowest BCUT2D eigenvalue weighted by atomic mass is 9.85. The van der Waals surface area contributed by atoms with Crippen molar-refractivity contribution in [1.29, 1.82) is 0 Å². The first-order valence-electron chi connectivity index (χ1n) is 6.79. The molecule has 1 fully saturated rings. The van der Waals surface area contributed by atoms with E-state index in [0.29, 0.717) is 11.5 Å². The zero-order valence-electron chi connectivity index (χ0n) is 11.1. The third-order valence-corrected chi connectivity index (χ3v) is 3.87. The maximum atomic E-state index is 4.35. The van der Waals surface area contributed by atoms with Gasteiger partial charge in [0.2, 0.25) is 0 Å². The largest absolute Gasteiger partial charge is 0.308 e. The molecule has 1 unspecified atom stereocenters. The van der Waals surface area contributed by atoms with Crippen molar-refractivity contribution < 1.29 is 0 Å². The summed E-state index contributed by atoms with van der Waals surface area (Å²) < 4.78 is 0. The Labute approximate surface area is 105 Å². The first kappa shape index (κ1) is 12.6. The van der Waals surface area contributed by atoms with E-state index in [2.05, 4.69) is 36.3 Å². The second-order valence-corrected chi connectivity index (χ2v) is 5.99. The van der Waals surface area contributed by atoms with Crippen molar-refractivity contribution in [1.82, 2.24) is 10.3 Å². The van der Waals surface area contributed by atoms with E-state index in [0.717, 1.165) is 12.2 Å². The predicted octanol–water partition coefficient (Wildman–Crippen LogP) is 3.53. The summed E-state index contributed by atoms with van der Waals surface area (Å²) >= 11 is 0. The molecule has 0 aliphatic heterocycles. The van der Waals surface area contributed by atoms with E-state index in [-0.39, 0.29) is 0 Å². The van der Waals surface area contributed by atoms with Crippen molar-refractivity contribution in [2.24, 2.45) is 5.41 Å². The molecule has 0 aromatic carbocycles. The third-order valence-electron chi connectivity index (χ3n) is 3.87. The normalized spacial score (nSPS) is 24.2. The predicted molar refractivity (Wildman–Crippen MR) is 71.7 cm³/mol. The maximum absolute atomic E-state index is 4.35. The quantitative estimate of drug-likeness (QED) is 0.806. The zero-order valence-corrected chi connectivity index (χ0v) is 11.1. The number of rotatable bonds is 3. The van der Waals surface area contributed by atoms with Crippen molar-refractivity contribution in [3.63, 3.8) is 0 Å². The van der Waals surface area contributed by atoms with Crippen LogP contribution >= 0.6 is 0 Å². The Morgan fingerprint density at radius 3 is 2.94 bits per heavy atom. The SMILES string of the molecule is CC1(C)CCCC(NCc2ccccn2)CC1. The summed E-state index contributed by atoms with van der Waals surface area (Å²) in [6.45, 7) is 5.70. The van der Waals surface area contributed by atoms with Crippen LogP contribution < -0.4 is 5.32 Å². The summed E-state index contributed by atoms with van der Waals surface area (Å²) in [5.41, 5.74) is 1.69. The Balaban J connectivity index is 1.80. The van der Waals surface area contributed by atoms with Crippen LogP contribution in [0, 0.1) is 5.41 Å². The van der Waals surface area contributed by atoms with E-state index in [4.69, 9.17) is 0 Å². The Hall–Kier alpha value is -0.890. The highest BCUT2D eigenvalue weighted by Gasteiger charge is 2.23. The summed E-state index contributed by atoms with van der Waals surface area (Å²) in [7, 11) is 0. The van der Waals surface area contributed by atoms with Gasteiger partial charge >= 0.3 is 0 Å². The van der Waals surface area contributed by atoms with Gasteiger partial charge in [-0.15, -0.1) is 0 Å². The van der Waals surface area contributed by atoms with E-state index in [9.17, 15) is 0 Å². The Kier molecular flexibility index (Phi) is 4.16. The molecule has 1 aliphatic carbocycles. The number of nitrogens with one attached hydrogen (secondary N) is 1. The van der Waals surface area contributed by atoms with Crippen molar-refractivity contribution in [3.05, 3.63) is 30.1 Å². The van der Waals surface area contributed by atoms with Gasteiger partial charge in [0.25, 0.3) is 0 Å². The van der Waals surface area contributed by atoms with Gasteiger partial charge in [0.1, 0.15) is 0 Å². The van der Waals surface area contributed by atoms with Crippen LogP contribution in [0.4, 0.5) is 0 Å². The van der Waals surface area contributed by atoms with Gasteiger partial charge in [0.05, 0.1) is 5.69 Å². The molecule has 2 heteroatoms. The van der Waals surface area contributed by atoms with Gasteiger partial charge in [-0.25, -0.2) is 0 Å². The molecule has 0 saturated heterocycles. The van der Waals surface area contributed by atoms with Gasteiger partial charge in [-0.3, -0.25) is 4.98 Å². The molecule has 1 aliphatic rings. The summed E-state index contributed by atoms with van der Waals surface area (Å²) in [5.74, 6) is 0. The third kappa shape index (κ3) is 4.12. The van der Waals surface area contributed by atoms with E-state index in [1.54, 1.807) is 0 Å². The lowest BCUT2D eigenvalue weighted by molar-refractivity contribution is 0.309. The van der Waals surface area contributed by atoms with E-state index >= 15 is 0 Å². The minimum Gasteiger partial charge on any atom is -0.308 e. The average Bonchev–Trinajstić information content (AvgIpc) is 2.49. The lowest BCUT2D eigenvalue weighted by Gasteiger charge is -2.22. The second kappa shape index (κ2) is 5.63. The average molecular weight is 232 g/mol. The van der Waals surface area contributed by atoms with E-state index in [1.165, 1.54) is 32.1 Å². The van der Waals surface area contributed by atoms with Gasteiger partial charge in [0.15, 0.2) is 0 Å². The molecular formula is C15H24N2. The van der Waals surface area contributed by atoms with Crippen LogP contribution in [-0.4, -0.2) is 11.0 Å².